The Bertz CT molecular complexity index is 920. The number of aromatic nitrogens is 1. The number of ether oxygens (including phenoxy) is 1. The number of carbonyl (C=O) groups is 2. The van der Waals surface area contributed by atoms with Crippen LogP contribution in [-0.4, -0.2) is 23.0 Å². The van der Waals surface area contributed by atoms with Gasteiger partial charge in [-0.05, 0) is 19.4 Å². The third-order valence-electron chi connectivity index (χ3n) is 3.95. The molecule has 0 spiro atoms. The molecule has 0 aliphatic carbocycles. The Labute approximate surface area is 162 Å². The molecule has 3 rings (SSSR count). The second kappa shape index (κ2) is 8.60. The van der Waals surface area contributed by atoms with E-state index >= 15 is 0 Å². The van der Waals surface area contributed by atoms with Crippen LogP contribution in [0.1, 0.15) is 18.1 Å². The first kappa shape index (κ1) is 18.8. The maximum atomic E-state index is 12.3. The molecule has 138 valence electrons. The molecule has 0 bridgehead atoms. The van der Waals surface area contributed by atoms with E-state index in [2.05, 4.69) is 10.3 Å². The number of thiazole rings is 1. The summed E-state index contributed by atoms with van der Waals surface area (Å²) in [4.78, 5) is 28.7. The predicted molar refractivity (Wildman–Crippen MR) is 107 cm³/mol. The summed E-state index contributed by atoms with van der Waals surface area (Å²) >= 11 is 1.33. The third-order valence-corrected chi connectivity index (χ3v) is 4.71. The van der Waals surface area contributed by atoms with Crippen molar-refractivity contribution in [2.24, 2.45) is 0 Å². The minimum absolute atomic E-state index is 0.132. The molecular weight excluding hydrogens is 360 g/mol. The van der Waals surface area contributed by atoms with Gasteiger partial charge in [0.1, 0.15) is 0 Å². The van der Waals surface area contributed by atoms with Crippen molar-refractivity contribution < 1.29 is 14.3 Å². The molecule has 0 unspecified atom stereocenters. The number of rotatable bonds is 6. The number of carbonyl (C=O) groups excluding carboxylic acids is 2. The van der Waals surface area contributed by atoms with Crippen molar-refractivity contribution in [2.75, 3.05) is 5.32 Å². The van der Waals surface area contributed by atoms with E-state index in [1.165, 1.54) is 11.3 Å². The zero-order valence-corrected chi connectivity index (χ0v) is 16.0. The van der Waals surface area contributed by atoms with Gasteiger partial charge in [0.25, 0.3) is 5.91 Å². The molecule has 27 heavy (non-hydrogen) atoms. The zero-order chi connectivity index (χ0) is 19.2. The highest BCUT2D eigenvalue weighted by atomic mass is 32.1. The van der Waals surface area contributed by atoms with Crippen LogP contribution in [0.5, 0.6) is 0 Å². The van der Waals surface area contributed by atoms with E-state index in [1.807, 2.05) is 66.9 Å². The Morgan fingerprint density at radius 3 is 2.52 bits per heavy atom. The van der Waals surface area contributed by atoms with Crippen LogP contribution < -0.4 is 5.32 Å². The number of aryl methyl sites for hydroxylation is 1. The average Bonchev–Trinajstić information content (AvgIpc) is 3.12. The summed E-state index contributed by atoms with van der Waals surface area (Å²) in [6, 6.07) is 17.3. The smallest absolute Gasteiger partial charge is 0.311 e. The summed E-state index contributed by atoms with van der Waals surface area (Å²) < 4.78 is 5.24. The summed E-state index contributed by atoms with van der Waals surface area (Å²) in [7, 11) is 0. The molecule has 6 heteroatoms. The fourth-order valence-corrected chi connectivity index (χ4v) is 3.17. The lowest BCUT2D eigenvalue weighted by atomic mass is 10.1. The van der Waals surface area contributed by atoms with Crippen LogP contribution >= 0.6 is 11.3 Å². The van der Waals surface area contributed by atoms with E-state index in [-0.39, 0.29) is 6.42 Å². The van der Waals surface area contributed by atoms with Gasteiger partial charge in [-0.2, -0.15) is 0 Å². The maximum absolute atomic E-state index is 12.3. The highest BCUT2D eigenvalue weighted by molar-refractivity contribution is 7.14. The molecule has 0 aliphatic rings. The molecule has 2 aromatic carbocycles. The number of amides is 1. The Kier molecular flexibility index (Phi) is 5.98. The van der Waals surface area contributed by atoms with Crippen LogP contribution in [0.2, 0.25) is 0 Å². The Morgan fingerprint density at radius 2 is 1.81 bits per heavy atom. The van der Waals surface area contributed by atoms with E-state index in [0.29, 0.717) is 5.13 Å². The molecule has 0 aliphatic heterocycles. The van der Waals surface area contributed by atoms with Crippen molar-refractivity contribution in [3.8, 4) is 11.3 Å². The van der Waals surface area contributed by atoms with Gasteiger partial charge in [-0.3, -0.25) is 14.9 Å². The van der Waals surface area contributed by atoms with Crippen LogP contribution in [0.4, 0.5) is 5.13 Å². The first-order valence-electron chi connectivity index (χ1n) is 8.58. The number of anilines is 1. The lowest BCUT2D eigenvalue weighted by Gasteiger charge is -2.12. The molecule has 0 saturated carbocycles. The number of esters is 1. The quantitative estimate of drug-likeness (QED) is 0.650. The standard InChI is InChI=1S/C21H20N2O3S/c1-14-8-10-16(11-9-14)12-19(24)26-15(2)20(25)23-21-22-18(13-27-21)17-6-4-3-5-7-17/h3-11,13,15H,12H2,1-2H3,(H,22,23,25)/t15-/m0/s1. The Hall–Kier alpha value is -2.99. The molecular formula is C21H20N2O3S. The van der Waals surface area contributed by atoms with Gasteiger partial charge < -0.3 is 4.74 Å². The lowest BCUT2D eigenvalue weighted by molar-refractivity contribution is -0.152. The molecule has 5 nitrogen and oxygen atoms in total. The van der Waals surface area contributed by atoms with E-state index in [4.69, 9.17) is 4.74 Å². The van der Waals surface area contributed by atoms with Crippen molar-refractivity contribution in [3.63, 3.8) is 0 Å². The summed E-state index contributed by atoms with van der Waals surface area (Å²) in [6.07, 6.45) is -0.764. The fourth-order valence-electron chi connectivity index (χ4n) is 2.44. The largest absolute Gasteiger partial charge is 0.452 e. The molecule has 0 saturated heterocycles. The fraction of sp³-hybridized carbons (Fsp3) is 0.190. The minimum Gasteiger partial charge on any atom is -0.452 e. The van der Waals surface area contributed by atoms with E-state index in [9.17, 15) is 9.59 Å². The van der Waals surface area contributed by atoms with Gasteiger partial charge in [0, 0.05) is 10.9 Å². The van der Waals surface area contributed by atoms with Crippen LogP contribution in [0.15, 0.2) is 60.0 Å². The predicted octanol–water partition coefficient (Wildman–Crippen LogP) is 4.23. The number of nitrogens with one attached hydrogen (secondary N) is 1. The van der Waals surface area contributed by atoms with Gasteiger partial charge >= 0.3 is 5.97 Å². The highest BCUT2D eigenvalue weighted by Crippen LogP contribution is 2.24. The summed E-state index contributed by atoms with van der Waals surface area (Å²) in [5, 5.41) is 5.05. The highest BCUT2D eigenvalue weighted by Gasteiger charge is 2.19. The van der Waals surface area contributed by atoms with Crippen molar-refractivity contribution in [1.29, 1.82) is 0 Å². The monoisotopic (exact) mass is 380 g/mol. The topological polar surface area (TPSA) is 68.3 Å². The Morgan fingerprint density at radius 1 is 1.11 bits per heavy atom. The maximum Gasteiger partial charge on any atom is 0.311 e. The number of hydrogen-bond acceptors (Lipinski definition) is 5. The van der Waals surface area contributed by atoms with E-state index in [0.717, 1.165) is 22.4 Å². The first-order valence-corrected chi connectivity index (χ1v) is 9.46. The zero-order valence-electron chi connectivity index (χ0n) is 15.1. The van der Waals surface area contributed by atoms with E-state index in [1.54, 1.807) is 6.92 Å². The molecule has 1 atom stereocenters. The summed E-state index contributed by atoms with van der Waals surface area (Å²) in [5.74, 6) is -0.841. The van der Waals surface area contributed by atoms with Gasteiger partial charge in [0.05, 0.1) is 12.1 Å². The van der Waals surface area contributed by atoms with Crippen LogP contribution in [0.25, 0.3) is 11.3 Å². The van der Waals surface area contributed by atoms with Crippen LogP contribution in [0.3, 0.4) is 0 Å². The third kappa shape index (κ3) is 5.24. The van der Waals surface area contributed by atoms with Gasteiger partial charge in [0.15, 0.2) is 11.2 Å². The van der Waals surface area contributed by atoms with Crippen molar-refractivity contribution >= 4 is 28.3 Å². The van der Waals surface area contributed by atoms with E-state index < -0.39 is 18.0 Å². The van der Waals surface area contributed by atoms with Crippen LogP contribution in [-0.2, 0) is 20.7 Å². The first-order chi connectivity index (χ1) is 13.0. The molecule has 0 fully saturated rings. The molecule has 1 N–H and O–H groups in total. The minimum atomic E-state index is -0.896. The molecule has 1 heterocycles. The van der Waals surface area contributed by atoms with Crippen molar-refractivity contribution in [1.82, 2.24) is 4.98 Å². The van der Waals surface area contributed by atoms with Gasteiger partial charge in [0.2, 0.25) is 0 Å². The number of nitrogens with zero attached hydrogens (tertiary/aromatic N) is 1. The van der Waals surface area contributed by atoms with Crippen molar-refractivity contribution in [3.05, 3.63) is 71.1 Å². The van der Waals surface area contributed by atoms with Gasteiger partial charge in [-0.1, -0.05) is 60.2 Å². The lowest BCUT2D eigenvalue weighted by Crippen LogP contribution is -2.30. The second-order valence-electron chi connectivity index (χ2n) is 6.19. The summed E-state index contributed by atoms with van der Waals surface area (Å²) in [5.41, 5.74) is 3.75. The summed E-state index contributed by atoms with van der Waals surface area (Å²) in [6.45, 7) is 3.53. The Balaban J connectivity index is 1.54. The van der Waals surface area contributed by atoms with Gasteiger partial charge in [-0.25, -0.2) is 4.98 Å². The molecule has 1 aromatic heterocycles. The molecule has 0 radical (unpaired) electrons. The van der Waals surface area contributed by atoms with Gasteiger partial charge in [-0.15, -0.1) is 11.3 Å². The number of hydrogen-bond donors (Lipinski definition) is 1. The molecule has 3 aromatic rings. The molecule has 1 amide bonds. The average molecular weight is 380 g/mol. The number of benzene rings is 2. The van der Waals surface area contributed by atoms with Crippen LogP contribution in [0, 0.1) is 6.92 Å². The SMILES string of the molecule is Cc1ccc(CC(=O)O[C@@H](C)C(=O)Nc2nc(-c3ccccc3)cs2)cc1. The van der Waals surface area contributed by atoms with Crippen molar-refractivity contribution in [2.45, 2.75) is 26.4 Å². The normalized spacial score (nSPS) is 11.6. The second-order valence-corrected chi connectivity index (χ2v) is 7.05.